The second kappa shape index (κ2) is 16.8. The van der Waals surface area contributed by atoms with Crippen molar-refractivity contribution in [3.63, 3.8) is 0 Å². The molecule has 7 heterocycles. The van der Waals surface area contributed by atoms with Gasteiger partial charge in [0.2, 0.25) is 11.8 Å². The van der Waals surface area contributed by atoms with E-state index in [9.17, 15) is 19.2 Å². The van der Waals surface area contributed by atoms with Crippen LogP contribution < -0.4 is 31.7 Å². The van der Waals surface area contributed by atoms with E-state index in [1.54, 1.807) is 36.9 Å². The Bertz CT molecular complexity index is 2760. The van der Waals surface area contributed by atoms with Crippen molar-refractivity contribution in [2.24, 2.45) is 5.73 Å². The SMILES string of the molecule is Nc1ncnc2c1ncn2Cc1cc(-c2cc(F)c(OCCCCNc3cccc4c3C(=O)N(C3CCC(=O)NC3=O)C4=O)c(F)c2)ncc1N1CCC[C@@](N)(c2ccccn2)C1. The van der Waals surface area contributed by atoms with Crippen molar-refractivity contribution in [3.8, 4) is 17.0 Å². The molecule has 2 aromatic carbocycles. The summed E-state index contributed by atoms with van der Waals surface area (Å²) < 4.78 is 38.7. The van der Waals surface area contributed by atoms with E-state index in [0.717, 1.165) is 34.7 Å². The summed E-state index contributed by atoms with van der Waals surface area (Å²) in [5.74, 6) is -4.44. The molecule has 0 radical (unpaired) electrons. The van der Waals surface area contributed by atoms with Gasteiger partial charge in [-0.05, 0) is 80.1 Å². The smallest absolute Gasteiger partial charge is 0.264 e. The molecule has 2 saturated heterocycles. The molecule has 3 aliphatic rings. The van der Waals surface area contributed by atoms with E-state index in [2.05, 4.69) is 40.5 Å². The Morgan fingerprint density at radius 1 is 0.952 bits per heavy atom. The number of hydrogen-bond acceptors (Lipinski definition) is 14. The minimum atomic E-state index is -1.08. The third-order valence-electron chi connectivity index (χ3n) is 11.7. The zero-order valence-corrected chi connectivity index (χ0v) is 33.9. The maximum Gasteiger partial charge on any atom is 0.264 e. The highest BCUT2D eigenvalue weighted by atomic mass is 19.1. The van der Waals surface area contributed by atoms with Gasteiger partial charge in [0.15, 0.2) is 28.8 Å². The molecular formula is C44H42F2N12O5. The predicted molar refractivity (Wildman–Crippen MR) is 226 cm³/mol. The second-order valence-corrected chi connectivity index (χ2v) is 15.8. The lowest BCUT2D eigenvalue weighted by Crippen LogP contribution is -2.54. The number of carbonyl (C=O) groups excluding carboxylic acids is 4. The van der Waals surface area contributed by atoms with Crippen LogP contribution >= 0.6 is 0 Å². The first kappa shape index (κ1) is 41.0. The number of nitrogens with zero attached hydrogens (tertiary/aromatic N) is 8. The number of aromatic nitrogens is 6. The molecule has 0 aliphatic carbocycles. The number of unbranched alkanes of at least 4 members (excludes halogenated alkanes) is 1. The molecule has 0 saturated carbocycles. The predicted octanol–water partition coefficient (Wildman–Crippen LogP) is 4.32. The van der Waals surface area contributed by atoms with Crippen molar-refractivity contribution in [1.82, 2.24) is 39.7 Å². The monoisotopic (exact) mass is 856 g/mol. The summed E-state index contributed by atoms with van der Waals surface area (Å²) in [5.41, 5.74) is 16.9. The Kier molecular flexibility index (Phi) is 10.9. The maximum absolute atomic E-state index is 15.7. The molecule has 9 rings (SSSR count). The highest BCUT2D eigenvalue weighted by Crippen LogP contribution is 2.36. The van der Waals surface area contributed by atoms with E-state index in [4.69, 9.17) is 16.2 Å². The van der Waals surface area contributed by atoms with Crippen LogP contribution in [-0.4, -0.2) is 90.3 Å². The molecule has 63 heavy (non-hydrogen) atoms. The van der Waals surface area contributed by atoms with Crippen LogP contribution in [0, 0.1) is 11.6 Å². The quantitative estimate of drug-likeness (QED) is 0.0937. The lowest BCUT2D eigenvalue weighted by atomic mass is 9.86. The number of imidazole rings is 1. The van der Waals surface area contributed by atoms with Crippen LogP contribution in [0.1, 0.15) is 70.5 Å². The minimum absolute atomic E-state index is 0.0104. The van der Waals surface area contributed by atoms with E-state index in [1.807, 2.05) is 22.8 Å². The van der Waals surface area contributed by atoms with Crippen molar-refractivity contribution in [2.45, 2.75) is 56.7 Å². The maximum atomic E-state index is 15.7. The number of hydrogen-bond donors (Lipinski definition) is 4. The van der Waals surface area contributed by atoms with Gasteiger partial charge in [0.25, 0.3) is 11.8 Å². The van der Waals surface area contributed by atoms with Crippen molar-refractivity contribution >= 4 is 52.0 Å². The summed E-state index contributed by atoms with van der Waals surface area (Å²) in [4.78, 5) is 75.8. The van der Waals surface area contributed by atoms with Crippen LogP contribution in [0.15, 0.2) is 79.6 Å². The van der Waals surface area contributed by atoms with Crippen LogP contribution in [0.4, 0.5) is 26.0 Å². The Hall–Kier alpha value is -7.41. The number of benzene rings is 2. The molecule has 6 aromatic rings. The summed E-state index contributed by atoms with van der Waals surface area (Å²) in [6, 6.07) is 13.6. The lowest BCUT2D eigenvalue weighted by Gasteiger charge is -2.41. The number of rotatable bonds is 13. The van der Waals surface area contributed by atoms with Gasteiger partial charge in [-0.1, -0.05) is 12.1 Å². The van der Waals surface area contributed by atoms with Gasteiger partial charge in [-0.25, -0.2) is 23.7 Å². The summed E-state index contributed by atoms with van der Waals surface area (Å²) in [7, 11) is 0. The number of ether oxygens (including phenoxy) is 1. The van der Waals surface area contributed by atoms with Gasteiger partial charge in [-0.2, -0.15) is 0 Å². The van der Waals surface area contributed by atoms with Gasteiger partial charge in [-0.15, -0.1) is 0 Å². The van der Waals surface area contributed by atoms with Gasteiger partial charge in [-0.3, -0.25) is 39.4 Å². The minimum Gasteiger partial charge on any atom is -0.488 e. The lowest BCUT2D eigenvalue weighted by molar-refractivity contribution is -0.136. The number of amides is 4. The molecule has 4 aromatic heterocycles. The number of nitrogens with one attached hydrogen (secondary N) is 2. The standard InChI is InChI=1S/C44H42F2N12O5/c45-28-17-25(18-29(46)38(28)63-16-4-3-13-49-30-8-5-7-27-36(30)43(62)58(42(27)61)32-10-11-35(59)55-41(32)60)31-19-26(21-57-24-54-37-39(47)52-23-53-40(37)57)33(20-51-31)56-15-6-12-44(48,22-56)34-9-1-2-14-50-34/h1-2,5,7-9,14,17-20,23-24,32,49H,3-4,6,10-13,15-16,21-22,48H2,(H2,47,52,53)(H,55,59,60)/t32?,44-/m0/s1. The summed E-state index contributed by atoms with van der Waals surface area (Å²) in [6.07, 6.45) is 8.89. The van der Waals surface area contributed by atoms with Crippen molar-refractivity contribution in [3.05, 3.63) is 114 Å². The van der Waals surface area contributed by atoms with Crippen LogP contribution in [0.5, 0.6) is 5.75 Å². The average Bonchev–Trinajstić information content (AvgIpc) is 3.80. The molecule has 3 aliphatic heterocycles. The Balaban J connectivity index is 0.878. The highest BCUT2D eigenvalue weighted by Gasteiger charge is 2.45. The van der Waals surface area contributed by atoms with Gasteiger partial charge >= 0.3 is 0 Å². The Morgan fingerprint density at radius 2 is 1.79 bits per heavy atom. The number of halogens is 2. The molecule has 1 unspecified atom stereocenters. The fourth-order valence-corrected chi connectivity index (χ4v) is 8.55. The van der Waals surface area contributed by atoms with Crippen molar-refractivity contribution in [2.75, 3.05) is 42.2 Å². The molecular weight excluding hydrogens is 815 g/mol. The fourth-order valence-electron chi connectivity index (χ4n) is 8.55. The summed E-state index contributed by atoms with van der Waals surface area (Å²) in [6.45, 7) is 1.77. The van der Waals surface area contributed by atoms with Gasteiger partial charge in [0.05, 0.1) is 59.4 Å². The van der Waals surface area contributed by atoms with E-state index in [0.29, 0.717) is 55.0 Å². The van der Waals surface area contributed by atoms with E-state index in [1.165, 1.54) is 24.5 Å². The van der Waals surface area contributed by atoms with Crippen LogP contribution in [0.2, 0.25) is 0 Å². The van der Waals surface area contributed by atoms with Crippen LogP contribution in [0.25, 0.3) is 22.4 Å². The molecule has 2 atom stereocenters. The van der Waals surface area contributed by atoms with Crippen molar-refractivity contribution < 1.29 is 32.7 Å². The fraction of sp³-hybridized carbons (Fsp3) is 0.295. The number of fused-ring (bicyclic) bond motifs is 2. The molecule has 19 heteroatoms. The third kappa shape index (κ3) is 7.86. The zero-order valence-electron chi connectivity index (χ0n) is 33.9. The number of nitrogens with two attached hydrogens (primary N) is 2. The Labute approximate surface area is 358 Å². The van der Waals surface area contributed by atoms with Crippen molar-refractivity contribution in [1.29, 1.82) is 0 Å². The van der Waals surface area contributed by atoms with Gasteiger partial charge < -0.3 is 31.0 Å². The van der Waals surface area contributed by atoms with E-state index < -0.39 is 52.6 Å². The molecule has 0 bridgehead atoms. The number of piperidine rings is 2. The van der Waals surface area contributed by atoms with E-state index in [-0.39, 0.29) is 48.5 Å². The molecule has 0 spiro atoms. The van der Waals surface area contributed by atoms with Gasteiger partial charge in [0.1, 0.15) is 17.9 Å². The largest absolute Gasteiger partial charge is 0.488 e. The number of anilines is 3. The third-order valence-corrected chi connectivity index (χ3v) is 11.7. The first-order valence-electron chi connectivity index (χ1n) is 20.6. The van der Waals surface area contributed by atoms with E-state index >= 15 is 8.78 Å². The second-order valence-electron chi connectivity index (χ2n) is 15.8. The number of imide groups is 2. The molecule has 2 fully saturated rings. The van der Waals surface area contributed by atoms with Crippen LogP contribution in [0.3, 0.4) is 0 Å². The Morgan fingerprint density at radius 3 is 2.59 bits per heavy atom. The number of nitrogen functional groups attached to an aromatic ring is 1. The highest BCUT2D eigenvalue weighted by molar-refractivity contribution is 6.25. The zero-order chi connectivity index (χ0) is 43.8. The first-order valence-corrected chi connectivity index (χ1v) is 20.6. The summed E-state index contributed by atoms with van der Waals surface area (Å²) >= 11 is 0. The first-order chi connectivity index (χ1) is 30.5. The molecule has 6 N–H and O–H groups in total. The number of carbonyl (C=O) groups is 4. The van der Waals surface area contributed by atoms with Gasteiger partial charge in [0, 0.05) is 43.5 Å². The molecule has 322 valence electrons. The normalized spacial score (nSPS) is 18.8. The molecule has 17 nitrogen and oxygen atoms in total. The molecule has 4 amide bonds. The van der Waals surface area contributed by atoms with Crippen LogP contribution in [-0.2, 0) is 21.7 Å². The average molecular weight is 857 g/mol. The topological polar surface area (TPSA) is 229 Å². The number of pyridine rings is 2. The summed E-state index contributed by atoms with van der Waals surface area (Å²) in [5, 5.41) is 5.34.